The van der Waals surface area contributed by atoms with Gasteiger partial charge in [0, 0.05) is 0 Å². The van der Waals surface area contributed by atoms with Crippen molar-refractivity contribution in [2.75, 3.05) is 19.7 Å². The van der Waals surface area contributed by atoms with Crippen LogP contribution < -0.4 is 10.1 Å². The average molecular weight is 304 g/mol. The summed E-state index contributed by atoms with van der Waals surface area (Å²) < 4.78 is 7.25. The van der Waals surface area contributed by atoms with Gasteiger partial charge in [0.05, 0.1) is 21.8 Å². The van der Waals surface area contributed by atoms with Gasteiger partial charge in [-0.3, -0.25) is 0 Å². The standard InChI is InChI=1S/C17H24N2OS/c1-2-3-4-17-19-15-6-5-14(11-16(15)21-17)20-12-13-7-9-18-10-8-13/h5-6,11,13,18H,2-4,7-10,12H2,1H3. The van der Waals surface area contributed by atoms with Gasteiger partial charge in [0.15, 0.2) is 0 Å². The largest absolute Gasteiger partial charge is 0.493 e. The maximum Gasteiger partial charge on any atom is 0.120 e. The molecule has 21 heavy (non-hydrogen) atoms. The molecular weight excluding hydrogens is 280 g/mol. The van der Waals surface area contributed by atoms with Gasteiger partial charge in [-0.2, -0.15) is 0 Å². The van der Waals surface area contributed by atoms with E-state index in [4.69, 9.17) is 9.72 Å². The Balaban J connectivity index is 1.62. The second-order valence-corrected chi connectivity index (χ2v) is 6.96. The number of hydrogen-bond donors (Lipinski definition) is 1. The Hall–Kier alpha value is -1.13. The summed E-state index contributed by atoms with van der Waals surface area (Å²) in [5.41, 5.74) is 1.11. The number of piperidine rings is 1. The number of nitrogens with one attached hydrogen (secondary N) is 1. The molecule has 0 saturated carbocycles. The lowest BCUT2D eigenvalue weighted by Gasteiger charge is -2.22. The highest BCUT2D eigenvalue weighted by Crippen LogP contribution is 2.27. The van der Waals surface area contributed by atoms with Gasteiger partial charge < -0.3 is 10.1 Å². The normalized spacial score (nSPS) is 16.4. The molecule has 0 radical (unpaired) electrons. The van der Waals surface area contributed by atoms with E-state index in [-0.39, 0.29) is 0 Å². The molecule has 114 valence electrons. The van der Waals surface area contributed by atoms with Crippen molar-refractivity contribution < 1.29 is 4.74 Å². The molecule has 2 aromatic rings. The number of aromatic nitrogens is 1. The highest BCUT2D eigenvalue weighted by atomic mass is 32.1. The Bertz CT molecular complexity index is 575. The van der Waals surface area contributed by atoms with Gasteiger partial charge in [-0.15, -0.1) is 11.3 Å². The summed E-state index contributed by atoms with van der Waals surface area (Å²) in [6.07, 6.45) is 5.99. The molecule has 3 rings (SSSR count). The molecule has 1 aliphatic rings. The lowest BCUT2D eigenvalue weighted by Crippen LogP contribution is -2.30. The van der Waals surface area contributed by atoms with E-state index in [0.29, 0.717) is 5.92 Å². The second kappa shape index (κ2) is 7.23. The monoisotopic (exact) mass is 304 g/mol. The summed E-state index contributed by atoms with van der Waals surface area (Å²) in [6, 6.07) is 6.31. The van der Waals surface area contributed by atoms with Crippen molar-refractivity contribution in [1.29, 1.82) is 0 Å². The minimum Gasteiger partial charge on any atom is -0.493 e. The van der Waals surface area contributed by atoms with Crippen LogP contribution in [0.25, 0.3) is 10.2 Å². The molecule has 0 aliphatic carbocycles. The molecule has 1 N–H and O–H groups in total. The van der Waals surface area contributed by atoms with Crippen molar-refractivity contribution in [2.24, 2.45) is 5.92 Å². The Labute approximate surface area is 130 Å². The van der Waals surface area contributed by atoms with Gasteiger partial charge in [-0.25, -0.2) is 4.98 Å². The lowest BCUT2D eigenvalue weighted by atomic mass is 9.99. The summed E-state index contributed by atoms with van der Waals surface area (Å²) in [7, 11) is 0. The lowest BCUT2D eigenvalue weighted by molar-refractivity contribution is 0.215. The highest BCUT2D eigenvalue weighted by Gasteiger charge is 2.14. The highest BCUT2D eigenvalue weighted by molar-refractivity contribution is 7.18. The van der Waals surface area contributed by atoms with Gasteiger partial charge in [-0.1, -0.05) is 13.3 Å². The van der Waals surface area contributed by atoms with Crippen molar-refractivity contribution in [3.63, 3.8) is 0 Å². The van der Waals surface area contributed by atoms with Crippen LogP contribution in [0.1, 0.15) is 37.6 Å². The summed E-state index contributed by atoms with van der Waals surface area (Å²) in [6.45, 7) is 5.32. The van der Waals surface area contributed by atoms with E-state index < -0.39 is 0 Å². The van der Waals surface area contributed by atoms with E-state index >= 15 is 0 Å². The fraction of sp³-hybridized carbons (Fsp3) is 0.588. The molecule has 1 aromatic heterocycles. The summed E-state index contributed by atoms with van der Waals surface area (Å²) >= 11 is 1.81. The molecular formula is C17H24N2OS. The van der Waals surface area contributed by atoms with Gasteiger partial charge in [-0.05, 0) is 62.9 Å². The van der Waals surface area contributed by atoms with Crippen molar-refractivity contribution in [2.45, 2.75) is 39.0 Å². The first-order valence-corrected chi connectivity index (χ1v) is 8.90. The number of fused-ring (bicyclic) bond motifs is 1. The first kappa shape index (κ1) is 14.8. The van der Waals surface area contributed by atoms with E-state index in [2.05, 4.69) is 30.4 Å². The maximum atomic E-state index is 6.00. The first-order valence-electron chi connectivity index (χ1n) is 8.08. The first-order chi connectivity index (χ1) is 10.3. The Kier molecular flexibility index (Phi) is 5.09. The Morgan fingerprint density at radius 2 is 2.19 bits per heavy atom. The third kappa shape index (κ3) is 3.95. The van der Waals surface area contributed by atoms with Crippen molar-refractivity contribution in [3.05, 3.63) is 23.2 Å². The zero-order valence-electron chi connectivity index (χ0n) is 12.7. The summed E-state index contributed by atoms with van der Waals surface area (Å²) in [4.78, 5) is 4.70. The SMILES string of the molecule is CCCCc1nc2ccc(OCC3CCNCC3)cc2s1. The van der Waals surface area contributed by atoms with E-state index in [1.807, 2.05) is 11.3 Å². The number of aryl methyl sites for hydroxylation is 1. The molecule has 0 bridgehead atoms. The van der Waals surface area contributed by atoms with Gasteiger partial charge in [0.1, 0.15) is 5.75 Å². The summed E-state index contributed by atoms with van der Waals surface area (Å²) in [5, 5.41) is 4.65. The predicted molar refractivity (Wildman–Crippen MR) is 89.3 cm³/mol. The molecule has 0 unspecified atom stereocenters. The molecule has 1 aliphatic heterocycles. The molecule has 2 heterocycles. The van der Waals surface area contributed by atoms with Crippen LogP contribution in [0.15, 0.2) is 18.2 Å². The number of thiazole rings is 1. The van der Waals surface area contributed by atoms with Crippen LogP contribution in [0.2, 0.25) is 0 Å². The Morgan fingerprint density at radius 3 is 3.00 bits per heavy atom. The van der Waals surface area contributed by atoms with Crippen LogP contribution in [-0.2, 0) is 6.42 Å². The zero-order valence-corrected chi connectivity index (χ0v) is 13.5. The molecule has 0 atom stereocenters. The molecule has 0 amide bonds. The quantitative estimate of drug-likeness (QED) is 0.875. The van der Waals surface area contributed by atoms with Gasteiger partial charge in [0.25, 0.3) is 0 Å². The number of ether oxygens (including phenoxy) is 1. The fourth-order valence-electron chi connectivity index (χ4n) is 2.74. The van der Waals surface area contributed by atoms with Crippen LogP contribution in [-0.4, -0.2) is 24.7 Å². The minimum absolute atomic E-state index is 0.698. The second-order valence-electron chi connectivity index (χ2n) is 5.85. The van der Waals surface area contributed by atoms with Crippen molar-refractivity contribution in [3.8, 4) is 5.75 Å². The van der Waals surface area contributed by atoms with Crippen molar-refractivity contribution >= 4 is 21.6 Å². The predicted octanol–water partition coefficient (Wildman–Crippen LogP) is 4.02. The number of rotatable bonds is 6. The zero-order chi connectivity index (χ0) is 14.5. The van der Waals surface area contributed by atoms with Crippen LogP contribution in [0.4, 0.5) is 0 Å². The Morgan fingerprint density at radius 1 is 1.33 bits per heavy atom. The fourth-order valence-corrected chi connectivity index (χ4v) is 3.78. The third-order valence-electron chi connectivity index (χ3n) is 4.09. The molecule has 0 spiro atoms. The van der Waals surface area contributed by atoms with Crippen LogP contribution in [0, 0.1) is 5.92 Å². The third-order valence-corrected chi connectivity index (χ3v) is 5.17. The van der Waals surface area contributed by atoms with Crippen LogP contribution in [0.5, 0.6) is 5.75 Å². The topological polar surface area (TPSA) is 34.1 Å². The van der Waals surface area contributed by atoms with Gasteiger partial charge >= 0.3 is 0 Å². The maximum absolute atomic E-state index is 6.00. The van der Waals surface area contributed by atoms with Crippen LogP contribution in [0.3, 0.4) is 0 Å². The van der Waals surface area contributed by atoms with E-state index in [0.717, 1.165) is 37.4 Å². The van der Waals surface area contributed by atoms with E-state index in [1.54, 1.807) is 0 Å². The number of unbranched alkanes of at least 4 members (excludes halogenated alkanes) is 1. The van der Waals surface area contributed by atoms with Crippen LogP contribution >= 0.6 is 11.3 Å². The average Bonchev–Trinajstić information content (AvgIpc) is 2.94. The molecule has 1 saturated heterocycles. The van der Waals surface area contributed by atoms with Gasteiger partial charge in [0.2, 0.25) is 0 Å². The molecule has 4 heteroatoms. The number of nitrogens with zero attached hydrogens (tertiary/aromatic N) is 1. The van der Waals surface area contributed by atoms with Crippen molar-refractivity contribution in [1.82, 2.24) is 10.3 Å². The molecule has 1 fully saturated rings. The number of benzene rings is 1. The van der Waals surface area contributed by atoms with E-state index in [1.165, 1.54) is 35.4 Å². The summed E-state index contributed by atoms with van der Waals surface area (Å²) in [5.74, 6) is 1.69. The smallest absolute Gasteiger partial charge is 0.120 e. The molecule has 1 aromatic carbocycles. The number of hydrogen-bond acceptors (Lipinski definition) is 4. The molecule has 3 nitrogen and oxygen atoms in total. The van der Waals surface area contributed by atoms with E-state index in [9.17, 15) is 0 Å². The minimum atomic E-state index is 0.698.